The Morgan fingerprint density at radius 1 is 1.07 bits per heavy atom. The quantitative estimate of drug-likeness (QED) is 0.0487. The minimum absolute atomic E-state index is 0.0298. The number of Topliss-reactive ketones (excluding diaryl/α,β-unsaturated/α-hetero) is 1. The normalized spacial score (nSPS) is 26.6. The van der Waals surface area contributed by atoms with E-state index < -0.39 is 119 Å². The van der Waals surface area contributed by atoms with Crippen LogP contribution in [0.4, 0.5) is 28.0 Å². The van der Waals surface area contributed by atoms with E-state index in [9.17, 15) is 51.4 Å². The first-order chi connectivity index (χ1) is 32.4. The van der Waals surface area contributed by atoms with Gasteiger partial charge in [-0.25, -0.2) is 18.4 Å². The minimum atomic E-state index is -1.90. The van der Waals surface area contributed by atoms with Crippen LogP contribution in [0.5, 0.6) is 11.5 Å². The van der Waals surface area contributed by atoms with Gasteiger partial charge in [-0.1, -0.05) is 42.3 Å². The fourth-order valence-corrected chi connectivity index (χ4v) is 9.20. The van der Waals surface area contributed by atoms with E-state index in [-0.39, 0.29) is 54.1 Å². The first-order valence-electron chi connectivity index (χ1n) is 21.9. The third-order valence-corrected chi connectivity index (χ3v) is 13.8. The molecule has 8 atom stereocenters. The smallest absolute Gasteiger partial charge is 0.409 e. The standard InChI is InChI=1S/C47H56ClF4N3O13S/c1-24-11-9-13-34(64-8)47(62)22-33(65-45(61)53-47)25(2)43-46(4,68-43)35(21-37(58)55(6)31-18-27(17-24)19-32(63-7)39(31)48)66-44(60)26(3)54(5)36(57)15-16-69-23-28(56)12-10-14-38(59)67-42-40(51)29(49)20-30(50)41(42)52/h9,11,13,18-20,25-26,33-35,43,62H,10,12,14-17,21-23H2,1-8H3,(H,53,61)/b13-9+,24-11+/t25-,26+,33+,34-,35+,43+,46+,47+/m1/s1. The molecule has 2 fully saturated rings. The Bertz CT molecular complexity index is 2350. The van der Waals surface area contributed by atoms with Gasteiger partial charge >= 0.3 is 18.0 Å². The number of allylic oxidation sites excluding steroid dienone is 3. The van der Waals surface area contributed by atoms with E-state index in [2.05, 4.69) is 10.1 Å². The van der Waals surface area contributed by atoms with Crippen LogP contribution < -0.4 is 19.7 Å². The number of ketones is 1. The largest absolute Gasteiger partial charge is 0.495 e. The van der Waals surface area contributed by atoms with Crippen molar-refractivity contribution in [2.75, 3.05) is 44.7 Å². The number of thioether (sulfide) groups is 1. The van der Waals surface area contributed by atoms with Crippen LogP contribution in [-0.4, -0.2) is 127 Å². The minimum Gasteiger partial charge on any atom is -0.495 e. The number of fused-ring (bicyclic) bond motifs is 5. The number of alkyl carbamates (subject to hydrolysis) is 1. The number of hydrogen-bond donors (Lipinski definition) is 2. The highest BCUT2D eigenvalue weighted by Gasteiger charge is 2.64. The van der Waals surface area contributed by atoms with Crippen molar-refractivity contribution in [3.8, 4) is 11.5 Å². The van der Waals surface area contributed by atoms with Gasteiger partial charge in [0.1, 0.15) is 46.5 Å². The molecule has 4 bridgehead atoms. The van der Waals surface area contributed by atoms with Crippen molar-refractivity contribution >= 4 is 64.7 Å². The van der Waals surface area contributed by atoms with Crippen molar-refractivity contribution in [3.63, 3.8) is 0 Å². The molecule has 3 aliphatic rings. The lowest BCUT2D eigenvalue weighted by Crippen LogP contribution is -2.63. The molecule has 2 saturated heterocycles. The maximum absolute atomic E-state index is 14.3. The zero-order valence-electron chi connectivity index (χ0n) is 39.3. The van der Waals surface area contributed by atoms with Crippen molar-refractivity contribution in [3.05, 3.63) is 75.9 Å². The molecule has 0 aromatic heterocycles. The molecule has 5 rings (SSSR count). The van der Waals surface area contributed by atoms with Gasteiger partial charge in [0.15, 0.2) is 17.4 Å². The van der Waals surface area contributed by atoms with Crippen LogP contribution in [0.3, 0.4) is 0 Å². The molecule has 0 spiro atoms. The zero-order chi connectivity index (χ0) is 51.1. The van der Waals surface area contributed by atoms with E-state index in [4.69, 9.17) is 35.3 Å². The van der Waals surface area contributed by atoms with Gasteiger partial charge in [0.2, 0.25) is 29.2 Å². The van der Waals surface area contributed by atoms with E-state index in [1.165, 1.54) is 40.1 Å². The average molecular weight is 1010 g/mol. The number of anilines is 1. The Hall–Kier alpha value is -5.22. The summed E-state index contributed by atoms with van der Waals surface area (Å²) in [5.74, 6) is -12.4. The number of aliphatic hydroxyl groups is 1. The highest BCUT2D eigenvalue weighted by atomic mass is 35.5. The van der Waals surface area contributed by atoms with Gasteiger partial charge < -0.3 is 43.3 Å². The van der Waals surface area contributed by atoms with Crippen LogP contribution >= 0.6 is 23.4 Å². The molecule has 2 aromatic carbocycles. The molecule has 2 aromatic rings. The summed E-state index contributed by atoms with van der Waals surface area (Å²) < 4.78 is 88.1. The lowest BCUT2D eigenvalue weighted by atomic mass is 9.83. The number of carbonyl (C=O) groups excluding carboxylic acids is 6. The number of nitrogens with zero attached hydrogens (tertiary/aromatic N) is 2. The van der Waals surface area contributed by atoms with Crippen molar-refractivity contribution in [2.24, 2.45) is 5.92 Å². The monoisotopic (exact) mass is 1010 g/mol. The molecule has 69 heavy (non-hydrogen) atoms. The van der Waals surface area contributed by atoms with Crippen molar-refractivity contribution in [1.29, 1.82) is 0 Å². The summed E-state index contributed by atoms with van der Waals surface area (Å²) >= 11 is 7.87. The summed E-state index contributed by atoms with van der Waals surface area (Å²) in [5.41, 5.74) is -1.30. The zero-order valence-corrected chi connectivity index (χ0v) is 40.9. The number of ether oxygens (including phenoxy) is 6. The van der Waals surface area contributed by atoms with E-state index in [1.807, 2.05) is 13.0 Å². The van der Waals surface area contributed by atoms with Crippen LogP contribution in [0.25, 0.3) is 0 Å². The fraction of sp³-hybridized carbons (Fsp3) is 0.532. The predicted octanol–water partition coefficient (Wildman–Crippen LogP) is 6.54. The van der Waals surface area contributed by atoms with Crippen LogP contribution in [0.2, 0.25) is 5.02 Å². The predicted molar refractivity (Wildman–Crippen MR) is 244 cm³/mol. The van der Waals surface area contributed by atoms with Gasteiger partial charge in [-0.05, 0) is 51.3 Å². The summed E-state index contributed by atoms with van der Waals surface area (Å²) in [7, 11) is 5.74. The molecule has 2 N–H and O–H groups in total. The lowest BCUT2D eigenvalue weighted by Gasteiger charge is -2.42. The molecule has 22 heteroatoms. The Morgan fingerprint density at radius 3 is 2.41 bits per heavy atom. The van der Waals surface area contributed by atoms with Gasteiger partial charge in [0, 0.05) is 64.6 Å². The molecule has 16 nitrogen and oxygen atoms in total. The average Bonchev–Trinajstić information content (AvgIpc) is 4.00. The van der Waals surface area contributed by atoms with Gasteiger partial charge in [0.25, 0.3) is 0 Å². The molecular weight excluding hydrogens is 958 g/mol. The summed E-state index contributed by atoms with van der Waals surface area (Å²) in [6, 6.07) is 2.27. The summed E-state index contributed by atoms with van der Waals surface area (Å²) in [4.78, 5) is 81.4. The van der Waals surface area contributed by atoms with E-state index in [0.29, 0.717) is 17.9 Å². The number of halogens is 5. The first kappa shape index (κ1) is 54.7. The molecule has 0 saturated carbocycles. The van der Waals surface area contributed by atoms with E-state index in [0.717, 1.165) is 27.8 Å². The van der Waals surface area contributed by atoms with Gasteiger partial charge in [-0.15, -0.1) is 0 Å². The number of rotatable bonds is 15. The number of methoxy groups -OCH3 is 2. The Balaban J connectivity index is 1.25. The molecule has 0 unspecified atom stereocenters. The second kappa shape index (κ2) is 23.1. The number of hydrogen-bond acceptors (Lipinski definition) is 14. The number of nitrogens with one attached hydrogen (secondary N) is 1. The molecule has 3 heterocycles. The topological polar surface area (TPSA) is 200 Å². The maximum Gasteiger partial charge on any atom is 0.409 e. The van der Waals surface area contributed by atoms with Crippen molar-refractivity contribution in [1.82, 2.24) is 10.2 Å². The van der Waals surface area contributed by atoms with E-state index in [1.54, 1.807) is 38.1 Å². The number of epoxide rings is 1. The Morgan fingerprint density at radius 2 is 1.75 bits per heavy atom. The SMILES string of the molecule is COc1cc2cc(c1Cl)N(C)C(=O)C[C@H](OC(=O)[C@H](C)N(C)C(=O)CCSCC(=O)CCCC(=O)Oc1c(F)c(F)cc(F)c1F)[C@]1(C)O[C@H]1[C@H](C)[C@@H]1C[C@@](O)(NC(=O)O1)[C@H](OC)/C=C/C=C(\C)C2. The molecule has 378 valence electrons. The van der Waals surface area contributed by atoms with E-state index >= 15 is 0 Å². The van der Waals surface area contributed by atoms with Gasteiger partial charge in [-0.3, -0.25) is 24.5 Å². The summed E-state index contributed by atoms with van der Waals surface area (Å²) in [6.07, 6.45) is -0.723. The van der Waals surface area contributed by atoms with Crippen molar-refractivity contribution in [2.45, 2.75) is 114 Å². The number of benzene rings is 2. The highest BCUT2D eigenvalue weighted by molar-refractivity contribution is 7.99. The number of esters is 2. The maximum atomic E-state index is 14.3. The van der Waals surface area contributed by atoms with Crippen molar-refractivity contribution < 1.29 is 79.9 Å². The first-order valence-corrected chi connectivity index (χ1v) is 23.5. The van der Waals surface area contributed by atoms with Gasteiger partial charge in [-0.2, -0.15) is 20.5 Å². The third kappa shape index (κ3) is 13.2. The molecule has 0 radical (unpaired) electrons. The second-order valence-electron chi connectivity index (χ2n) is 17.4. The summed E-state index contributed by atoms with van der Waals surface area (Å²) in [6.45, 7) is 6.70. The third-order valence-electron chi connectivity index (χ3n) is 12.4. The highest BCUT2D eigenvalue weighted by Crippen LogP contribution is 2.49. The second-order valence-corrected chi connectivity index (χ2v) is 18.9. The van der Waals surface area contributed by atoms with Crippen LogP contribution in [0.15, 0.2) is 42.0 Å². The lowest BCUT2D eigenvalue weighted by molar-refractivity contribution is -0.162. The molecule has 3 aliphatic heterocycles. The van der Waals surface area contributed by atoms with Crippen LogP contribution in [-0.2, 0) is 49.3 Å². The Kier molecular flexibility index (Phi) is 18.3. The summed E-state index contributed by atoms with van der Waals surface area (Å²) in [5, 5.41) is 14.4. The van der Waals surface area contributed by atoms with Gasteiger partial charge in [0.05, 0.1) is 31.1 Å². The molecule has 3 amide bonds. The molecule has 0 aliphatic carbocycles. The fourth-order valence-electron chi connectivity index (χ4n) is 8.05. The number of amides is 3. The van der Waals surface area contributed by atoms with Crippen LogP contribution in [0, 0.1) is 29.2 Å². The Labute approximate surface area is 405 Å². The van der Waals surface area contributed by atoms with Crippen LogP contribution in [0.1, 0.15) is 71.8 Å². The molecular formula is C47H56ClF4N3O13S. The number of carbonyl (C=O) groups is 6. The number of likely N-dealkylation sites (N-methyl/N-ethyl adjacent to an activating group) is 1.